The van der Waals surface area contributed by atoms with Crippen molar-refractivity contribution < 1.29 is 5.11 Å². The Hall–Kier alpha value is -2.74. The molecule has 0 radical (unpaired) electrons. The van der Waals surface area contributed by atoms with E-state index in [1.807, 2.05) is 19.1 Å². The van der Waals surface area contributed by atoms with Gasteiger partial charge < -0.3 is 10.8 Å². The molecule has 0 bridgehead atoms. The monoisotopic (exact) mass is 317 g/mol. The van der Waals surface area contributed by atoms with E-state index in [-0.39, 0.29) is 5.75 Å². The molecule has 0 unspecified atom stereocenters. The molecule has 3 rings (SSSR count). The third-order valence-electron chi connectivity index (χ3n) is 4.42. The minimum absolute atomic E-state index is 0.276. The molecule has 0 saturated carbocycles. The Morgan fingerprint density at radius 1 is 1.08 bits per heavy atom. The van der Waals surface area contributed by atoms with Gasteiger partial charge in [-0.15, -0.1) is 0 Å². The van der Waals surface area contributed by atoms with Crippen molar-refractivity contribution in [3.63, 3.8) is 0 Å². The number of phenolic OH excluding ortho intramolecular Hbond substituents is 1. The molecule has 0 atom stereocenters. The van der Waals surface area contributed by atoms with Gasteiger partial charge in [-0.05, 0) is 72.2 Å². The van der Waals surface area contributed by atoms with Crippen LogP contribution >= 0.6 is 0 Å². The van der Waals surface area contributed by atoms with Crippen molar-refractivity contribution in [1.29, 1.82) is 0 Å². The molecule has 1 aliphatic rings. The van der Waals surface area contributed by atoms with Gasteiger partial charge in [0.1, 0.15) is 5.75 Å². The molecule has 2 heteroatoms. The molecule has 0 amide bonds. The number of hydrogen-bond acceptors (Lipinski definition) is 2. The molecule has 0 saturated heterocycles. The summed E-state index contributed by atoms with van der Waals surface area (Å²) in [6, 6.07) is 15.8. The van der Waals surface area contributed by atoms with Crippen LogP contribution in [0.5, 0.6) is 5.75 Å². The first kappa shape index (κ1) is 16.1. The Kier molecular flexibility index (Phi) is 4.85. The number of aromatic hydroxyl groups is 1. The number of nitrogens with two attached hydrogens (primary N) is 1. The highest BCUT2D eigenvalue weighted by Crippen LogP contribution is 2.36. The van der Waals surface area contributed by atoms with Crippen LogP contribution in [-0.2, 0) is 6.42 Å². The molecule has 0 fully saturated rings. The number of aryl methyl sites for hydroxylation is 1. The zero-order chi connectivity index (χ0) is 16.9. The van der Waals surface area contributed by atoms with Crippen LogP contribution in [0.25, 0.3) is 11.6 Å². The van der Waals surface area contributed by atoms with Crippen LogP contribution in [0.4, 0.5) is 0 Å². The lowest BCUT2D eigenvalue weighted by Crippen LogP contribution is -2.02. The summed E-state index contributed by atoms with van der Waals surface area (Å²) in [5.74, 6) is 0.276. The van der Waals surface area contributed by atoms with Crippen LogP contribution in [0.3, 0.4) is 0 Å². The van der Waals surface area contributed by atoms with E-state index in [1.165, 1.54) is 16.7 Å². The highest BCUT2D eigenvalue weighted by atomic mass is 16.3. The molecule has 2 nitrogen and oxygen atoms in total. The quantitative estimate of drug-likeness (QED) is 0.777. The molecular weight excluding hydrogens is 294 g/mol. The number of rotatable bonds is 3. The Morgan fingerprint density at radius 3 is 2.71 bits per heavy atom. The molecule has 3 N–H and O–H groups in total. The third kappa shape index (κ3) is 3.43. The van der Waals surface area contributed by atoms with Crippen LogP contribution in [0.2, 0.25) is 0 Å². The second-order valence-corrected chi connectivity index (χ2v) is 6.09. The fraction of sp³-hybridized carbons (Fsp3) is 0.182. The summed E-state index contributed by atoms with van der Waals surface area (Å²) in [4.78, 5) is 0. The van der Waals surface area contributed by atoms with E-state index in [1.54, 1.807) is 12.1 Å². The SMILES string of the molecule is C/C=C\CC1=C(N)CCc2ccccc2/C1=C\c1cccc(O)c1. The molecule has 122 valence electrons. The fourth-order valence-electron chi connectivity index (χ4n) is 3.18. The smallest absolute Gasteiger partial charge is 0.116 e. The van der Waals surface area contributed by atoms with Crippen LogP contribution in [0, 0.1) is 0 Å². The number of benzene rings is 2. The number of fused-ring (bicyclic) bond motifs is 1. The largest absolute Gasteiger partial charge is 0.508 e. The van der Waals surface area contributed by atoms with Gasteiger partial charge in [-0.25, -0.2) is 0 Å². The molecule has 24 heavy (non-hydrogen) atoms. The van der Waals surface area contributed by atoms with Gasteiger partial charge in [-0.2, -0.15) is 0 Å². The first-order valence-corrected chi connectivity index (χ1v) is 8.37. The van der Waals surface area contributed by atoms with E-state index < -0.39 is 0 Å². The Bertz CT molecular complexity index is 827. The van der Waals surface area contributed by atoms with Crippen LogP contribution in [0.1, 0.15) is 36.5 Å². The van der Waals surface area contributed by atoms with Crippen molar-refractivity contribution in [1.82, 2.24) is 0 Å². The summed E-state index contributed by atoms with van der Waals surface area (Å²) >= 11 is 0. The molecule has 1 aliphatic carbocycles. The molecule has 0 aromatic heterocycles. The lowest BCUT2D eigenvalue weighted by Gasteiger charge is -2.14. The molecule has 0 heterocycles. The second-order valence-electron chi connectivity index (χ2n) is 6.09. The number of hydrogen-bond donors (Lipinski definition) is 2. The maximum atomic E-state index is 9.78. The first-order chi connectivity index (χ1) is 11.7. The summed E-state index contributed by atoms with van der Waals surface area (Å²) in [6.07, 6.45) is 8.99. The van der Waals surface area contributed by atoms with Crippen LogP contribution < -0.4 is 5.73 Å². The van der Waals surface area contributed by atoms with E-state index in [2.05, 4.69) is 42.5 Å². The highest BCUT2D eigenvalue weighted by molar-refractivity contribution is 5.93. The van der Waals surface area contributed by atoms with Crippen molar-refractivity contribution in [2.45, 2.75) is 26.2 Å². The normalized spacial score (nSPS) is 16.5. The summed E-state index contributed by atoms with van der Waals surface area (Å²) < 4.78 is 0. The summed E-state index contributed by atoms with van der Waals surface area (Å²) in [5.41, 5.74) is 13.3. The molecule has 0 spiro atoms. The topological polar surface area (TPSA) is 46.2 Å². The van der Waals surface area contributed by atoms with Crippen LogP contribution in [-0.4, -0.2) is 5.11 Å². The third-order valence-corrected chi connectivity index (χ3v) is 4.42. The Balaban J connectivity index is 2.19. The van der Waals surface area contributed by atoms with Gasteiger partial charge in [0.2, 0.25) is 0 Å². The lowest BCUT2D eigenvalue weighted by molar-refractivity contribution is 0.475. The van der Waals surface area contributed by atoms with Gasteiger partial charge in [-0.1, -0.05) is 48.6 Å². The minimum Gasteiger partial charge on any atom is -0.508 e. The van der Waals surface area contributed by atoms with Crippen molar-refractivity contribution in [2.75, 3.05) is 0 Å². The van der Waals surface area contributed by atoms with E-state index in [0.717, 1.165) is 36.1 Å². The Morgan fingerprint density at radius 2 is 1.92 bits per heavy atom. The summed E-state index contributed by atoms with van der Waals surface area (Å²) in [6.45, 7) is 2.03. The van der Waals surface area contributed by atoms with Gasteiger partial charge >= 0.3 is 0 Å². The van der Waals surface area contributed by atoms with Crippen molar-refractivity contribution in [2.24, 2.45) is 5.73 Å². The van der Waals surface area contributed by atoms with Crippen molar-refractivity contribution in [3.8, 4) is 5.75 Å². The Labute approximate surface area is 143 Å². The predicted molar refractivity (Wildman–Crippen MR) is 101 cm³/mol. The fourth-order valence-corrected chi connectivity index (χ4v) is 3.18. The number of phenols is 1. The predicted octanol–water partition coefficient (Wildman–Crippen LogP) is 5.06. The van der Waals surface area contributed by atoms with Gasteiger partial charge in [0, 0.05) is 5.70 Å². The van der Waals surface area contributed by atoms with Gasteiger partial charge in [-0.3, -0.25) is 0 Å². The van der Waals surface area contributed by atoms with Crippen LogP contribution in [0.15, 0.2) is 72.0 Å². The van der Waals surface area contributed by atoms with E-state index in [9.17, 15) is 5.11 Å². The van der Waals surface area contributed by atoms with E-state index in [4.69, 9.17) is 5.73 Å². The van der Waals surface area contributed by atoms with Gasteiger partial charge in [0.15, 0.2) is 0 Å². The number of allylic oxidation sites excluding steroid dienone is 5. The highest BCUT2D eigenvalue weighted by Gasteiger charge is 2.18. The molecule has 0 aliphatic heterocycles. The van der Waals surface area contributed by atoms with E-state index >= 15 is 0 Å². The van der Waals surface area contributed by atoms with Crippen molar-refractivity contribution in [3.05, 3.63) is 88.6 Å². The molecular formula is C22H23NO. The lowest BCUT2D eigenvalue weighted by atomic mass is 9.91. The summed E-state index contributed by atoms with van der Waals surface area (Å²) in [7, 11) is 0. The van der Waals surface area contributed by atoms with Gasteiger partial charge in [0.25, 0.3) is 0 Å². The standard InChI is InChI=1S/C22H23NO/c1-2-3-10-20-21(15-16-7-6-9-18(24)14-16)19-11-5-4-8-17(19)12-13-22(20)23/h2-9,11,14-15,24H,10,12-13,23H2,1H3/b3-2-,21-15+. The zero-order valence-electron chi connectivity index (χ0n) is 14.0. The zero-order valence-corrected chi connectivity index (χ0v) is 14.0. The van der Waals surface area contributed by atoms with Gasteiger partial charge in [0.05, 0.1) is 0 Å². The molecule has 2 aromatic rings. The maximum Gasteiger partial charge on any atom is 0.116 e. The molecule has 2 aromatic carbocycles. The minimum atomic E-state index is 0.276. The second kappa shape index (κ2) is 7.22. The maximum absolute atomic E-state index is 9.78. The first-order valence-electron chi connectivity index (χ1n) is 8.37. The average molecular weight is 317 g/mol. The summed E-state index contributed by atoms with van der Waals surface area (Å²) in [5, 5.41) is 9.78. The average Bonchev–Trinajstić information content (AvgIpc) is 2.71. The van der Waals surface area contributed by atoms with E-state index in [0.29, 0.717) is 0 Å². The van der Waals surface area contributed by atoms with Crippen molar-refractivity contribution >= 4 is 11.6 Å².